The fourth-order valence-electron chi connectivity index (χ4n) is 3.54. The Labute approximate surface area is 120 Å². The van der Waals surface area contributed by atoms with Gasteiger partial charge in [0.05, 0.1) is 0 Å². The second-order valence-corrected chi connectivity index (χ2v) is 6.00. The summed E-state index contributed by atoms with van der Waals surface area (Å²) in [5.41, 5.74) is 0.490. The quantitative estimate of drug-likeness (QED) is 0.767. The highest BCUT2D eigenvalue weighted by atomic mass is 16.5. The lowest BCUT2D eigenvalue weighted by atomic mass is 9.80. The molecule has 2 aliphatic rings. The van der Waals surface area contributed by atoms with E-state index in [-0.39, 0.29) is 0 Å². The average Bonchev–Trinajstić information content (AvgIpc) is 3.00. The molecule has 1 heterocycles. The molecule has 2 N–H and O–H groups in total. The standard InChI is InChI=1S/C15H22BNO3/c18-16(19)14-4-6-15(7-5-14)20-9-8-17-10-12-2-1-3-13(12)11-17/h4-7,12-13,18-19H,1-3,8-11H2. The van der Waals surface area contributed by atoms with Crippen LogP contribution in [0.15, 0.2) is 24.3 Å². The summed E-state index contributed by atoms with van der Waals surface area (Å²) in [6.07, 6.45) is 4.24. The van der Waals surface area contributed by atoms with E-state index in [4.69, 9.17) is 14.8 Å². The molecule has 2 atom stereocenters. The van der Waals surface area contributed by atoms with Crippen molar-refractivity contribution >= 4 is 12.6 Å². The summed E-state index contributed by atoms with van der Waals surface area (Å²) in [7, 11) is -1.41. The van der Waals surface area contributed by atoms with E-state index in [0.29, 0.717) is 12.1 Å². The van der Waals surface area contributed by atoms with Crippen LogP contribution in [-0.2, 0) is 0 Å². The lowest BCUT2D eigenvalue weighted by Gasteiger charge is -2.17. The highest BCUT2D eigenvalue weighted by molar-refractivity contribution is 6.58. The molecule has 5 heteroatoms. The van der Waals surface area contributed by atoms with Crippen LogP contribution in [0.5, 0.6) is 5.75 Å². The van der Waals surface area contributed by atoms with Crippen LogP contribution in [0.4, 0.5) is 0 Å². The maximum atomic E-state index is 9.02. The van der Waals surface area contributed by atoms with Gasteiger partial charge >= 0.3 is 7.12 Å². The topological polar surface area (TPSA) is 52.9 Å². The molecule has 0 spiro atoms. The number of fused-ring (bicyclic) bond motifs is 1. The first-order valence-corrected chi connectivity index (χ1v) is 7.53. The zero-order valence-corrected chi connectivity index (χ0v) is 11.7. The fraction of sp³-hybridized carbons (Fsp3) is 0.600. The maximum absolute atomic E-state index is 9.02. The van der Waals surface area contributed by atoms with E-state index < -0.39 is 7.12 Å². The smallest absolute Gasteiger partial charge is 0.488 e. The molecule has 3 rings (SSSR count). The predicted molar refractivity (Wildman–Crippen MR) is 79.0 cm³/mol. The Morgan fingerprint density at radius 1 is 1.10 bits per heavy atom. The van der Waals surface area contributed by atoms with Crippen molar-refractivity contribution in [2.24, 2.45) is 11.8 Å². The van der Waals surface area contributed by atoms with Gasteiger partial charge in [-0.15, -0.1) is 0 Å². The molecule has 0 amide bonds. The summed E-state index contributed by atoms with van der Waals surface area (Å²) < 4.78 is 5.72. The lowest BCUT2D eigenvalue weighted by Crippen LogP contribution is -2.29. The Bertz CT molecular complexity index is 425. The second-order valence-electron chi connectivity index (χ2n) is 6.00. The van der Waals surface area contributed by atoms with E-state index >= 15 is 0 Å². The summed E-state index contributed by atoms with van der Waals surface area (Å²) in [6, 6.07) is 6.93. The molecule has 1 aliphatic heterocycles. The zero-order chi connectivity index (χ0) is 13.9. The number of likely N-dealkylation sites (tertiary alicyclic amines) is 1. The number of hydrogen-bond acceptors (Lipinski definition) is 4. The monoisotopic (exact) mass is 275 g/mol. The van der Waals surface area contributed by atoms with Gasteiger partial charge in [-0.3, -0.25) is 4.90 Å². The minimum absolute atomic E-state index is 0.490. The normalized spacial score (nSPS) is 25.7. The molecule has 20 heavy (non-hydrogen) atoms. The first kappa shape index (κ1) is 13.9. The van der Waals surface area contributed by atoms with Crippen molar-refractivity contribution in [2.75, 3.05) is 26.2 Å². The first-order valence-electron chi connectivity index (χ1n) is 7.53. The molecule has 0 bridgehead atoms. The molecular formula is C15H22BNO3. The Kier molecular flexibility index (Phi) is 4.29. The SMILES string of the molecule is OB(O)c1ccc(OCCN2CC3CCCC3C2)cc1. The van der Waals surface area contributed by atoms with Crippen molar-refractivity contribution in [3.8, 4) is 5.75 Å². The summed E-state index contributed by atoms with van der Waals surface area (Å²) in [5.74, 6) is 2.65. The van der Waals surface area contributed by atoms with Crippen LogP contribution in [0.3, 0.4) is 0 Å². The highest BCUT2D eigenvalue weighted by Crippen LogP contribution is 2.37. The van der Waals surface area contributed by atoms with Gasteiger partial charge in [0, 0.05) is 19.6 Å². The highest BCUT2D eigenvalue weighted by Gasteiger charge is 2.35. The predicted octanol–water partition coefficient (Wildman–Crippen LogP) is 0.477. The fourth-order valence-corrected chi connectivity index (χ4v) is 3.54. The first-order chi connectivity index (χ1) is 9.72. The maximum Gasteiger partial charge on any atom is 0.488 e. The molecule has 1 saturated heterocycles. The third kappa shape index (κ3) is 3.16. The Morgan fingerprint density at radius 2 is 1.75 bits per heavy atom. The molecule has 1 aromatic carbocycles. The van der Waals surface area contributed by atoms with Crippen LogP contribution < -0.4 is 10.2 Å². The van der Waals surface area contributed by atoms with Crippen LogP contribution in [0.2, 0.25) is 0 Å². The van der Waals surface area contributed by atoms with Crippen LogP contribution in [0, 0.1) is 11.8 Å². The van der Waals surface area contributed by atoms with E-state index in [1.165, 1.54) is 32.4 Å². The van der Waals surface area contributed by atoms with Crippen molar-refractivity contribution in [3.05, 3.63) is 24.3 Å². The van der Waals surface area contributed by atoms with Gasteiger partial charge in [0.15, 0.2) is 0 Å². The number of rotatable bonds is 5. The van der Waals surface area contributed by atoms with E-state index in [1.807, 2.05) is 0 Å². The van der Waals surface area contributed by atoms with E-state index in [1.54, 1.807) is 24.3 Å². The van der Waals surface area contributed by atoms with Crippen LogP contribution >= 0.6 is 0 Å². The Hall–Kier alpha value is -1.04. The van der Waals surface area contributed by atoms with Crippen molar-refractivity contribution in [1.82, 2.24) is 4.90 Å². The lowest BCUT2D eigenvalue weighted by molar-refractivity contribution is 0.227. The summed E-state index contributed by atoms with van der Waals surface area (Å²) in [5, 5.41) is 18.0. The van der Waals surface area contributed by atoms with E-state index in [0.717, 1.165) is 24.1 Å². The molecule has 0 aromatic heterocycles. The molecule has 2 unspecified atom stereocenters. The Morgan fingerprint density at radius 3 is 2.35 bits per heavy atom. The number of nitrogens with zero attached hydrogens (tertiary/aromatic N) is 1. The molecule has 108 valence electrons. The minimum Gasteiger partial charge on any atom is -0.492 e. The molecule has 1 aliphatic carbocycles. The third-order valence-corrected chi connectivity index (χ3v) is 4.66. The second kappa shape index (κ2) is 6.16. The van der Waals surface area contributed by atoms with Crippen molar-refractivity contribution in [2.45, 2.75) is 19.3 Å². The minimum atomic E-state index is -1.41. The van der Waals surface area contributed by atoms with Crippen molar-refractivity contribution < 1.29 is 14.8 Å². The molecule has 0 radical (unpaired) electrons. The third-order valence-electron chi connectivity index (χ3n) is 4.66. The summed E-state index contributed by atoms with van der Waals surface area (Å²) in [6.45, 7) is 4.16. The van der Waals surface area contributed by atoms with Crippen LogP contribution in [0.25, 0.3) is 0 Å². The van der Waals surface area contributed by atoms with Crippen molar-refractivity contribution in [1.29, 1.82) is 0 Å². The summed E-state index contributed by atoms with van der Waals surface area (Å²) >= 11 is 0. The van der Waals surface area contributed by atoms with Gasteiger partial charge in [-0.25, -0.2) is 0 Å². The van der Waals surface area contributed by atoms with Gasteiger partial charge in [-0.1, -0.05) is 18.6 Å². The molecule has 4 nitrogen and oxygen atoms in total. The molecular weight excluding hydrogens is 253 g/mol. The van der Waals surface area contributed by atoms with Gasteiger partial charge in [0.25, 0.3) is 0 Å². The molecule has 1 aromatic rings. The van der Waals surface area contributed by atoms with Gasteiger partial charge < -0.3 is 14.8 Å². The van der Waals surface area contributed by atoms with Crippen LogP contribution in [0.1, 0.15) is 19.3 Å². The largest absolute Gasteiger partial charge is 0.492 e. The van der Waals surface area contributed by atoms with Crippen molar-refractivity contribution in [3.63, 3.8) is 0 Å². The van der Waals surface area contributed by atoms with Gasteiger partial charge in [-0.05, 0) is 42.3 Å². The van der Waals surface area contributed by atoms with E-state index in [9.17, 15) is 0 Å². The van der Waals surface area contributed by atoms with Gasteiger partial charge in [0.1, 0.15) is 12.4 Å². The van der Waals surface area contributed by atoms with Crippen LogP contribution in [-0.4, -0.2) is 48.3 Å². The Balaban J connectivity index is 1.41. The summed E-state index contributed by atoms with van der Waals surface area (Å²) in [4.78, 5) is 2.51. The average molecular weight is 275 g/mol. The number of hydrogen-bond donors (Lipinski definition) is 2. The molecule has 2 fully saturated rings. The van der Waals surface area contributed by atoms with Gasteiger partial charge in [0.2, 0.25) is 0 Å². The van der Waals surface area contributed by atoms with E-state index in [2.05, 4.69) is 4.90 Å². The van der Waals surface area contributed by atoms with Gasteiger partial charge in [-0.2, -0.15) is 0 Å². The molecule has 1 saturated carbocycles. The number of benzene rings is 1. The number of ether oxygens (including phenoxy) is 1. The zero-order valence-electron chi connectivity index (χ0n) is 11.7.